The van der Waals surface area contributed by atoms with E-state index in [1.807, 2.05) is 0 Å². The molecule has 1 aliphatic rings. The minimum atomic E-state index is -0.381. The van der Waals surface area contributed by atoms with Crippen LogP contribution >= 0.6 is 0 Å². The third kappa shape index (κ3) is 2.94. The van der Waals surface area contributed by atoms with Gasteiger partial charge in [0.2, 0.25) is 0 Å². The fourth-order valence-corrected chi connectivity index (χ4v) is 1.89. The average Bonchev–Trinajstić information content (AvgIpc) is 2.30. The van der Waals surface area contributed by atoms with Gasteiger partial charge in [0.05, 0.1) is 18.1 Å². The maximum Gasteiger partial charge on any atom is 0.272 e. The van der Waals surface area contributed by atoms with Crippen molar-refractivity contribution in [3.8, 4) is 5.75 Å². The van der Waals surface area contributed by atoms with Crippen molar-refractivity contribution in [2.24, 2.45) is 0 Å². The first-order chi connectivity index (χ1) is 8.16. The van der Waals surface area contributed by atoms with Crippen LogP contribution in [-0.4, -0.2) is 24.2 Å². The summed E-state index contributed by atoms with van der Waals surface area (Å²) in [5.41, 5.74) is 0.754. The minimum absolute atomic E-state index is 0.129. The van der Waals surface area contributed by atoms with E-state index in [1.54, 1.807) is 19.1 Å². The molecular formula is C12H15NO4. The first-order valence-corrected chi connectivity index (χ1v) is 5.66. The number of hydrogen-bond acceptors (Lipinski definition) is 4. The molecule has 1 aliphatic heterocycles. The van der Waals surface area contributed by atoms with Gasteiger partial charge in [0.1, 0.15) is 11.9 Å². The Hall–Kier alpha value is -1.62. The molecule has 0 saturated carbocycles. The summed E-state index contributed by atoms with van der Waals surface area (Å²) < 4.78 is 11.0. The largest absolute Gasteiger partial charge is 0.490 e. The maximum atomic E-state index is 10.7. The van der Waals surface area contributed by atoms with E-state index in [-0.39, 0.29) is 16.7 Å². The predicted octanol–water partition coefficient (Wildman–Crippen LogP) is 2.46. The van der Waals surface area contributed by atoms with Gasteiger partial charge < -0.3 is 9.47 Å². The quantitative estimate of drug-likeness (QED) is 0.598. The highest BCUT2D eigenvalue weighted by Crippen LogP contribution is 2.25. The SMILES string of the molecule is Cc1cc(OC2CCOCC2)ccc1[N+](=O)[O-]. The Morgan fingerprint density at radius 3 is 2.71 bits per heavy atom. The normalized spacial score (nSPS) is 16.8. The lowest BCUT2D eigenvalue weighted by atomic mass is 10.1. The highest BCUT2D eigenvalue weighted by atomic mass is 16.6. The lowest BCUT2D eigenvalue weighted by molar-refractivity contribution is -0.385. The molecule has 0 aromatic heterocycles. The molecular weight excluding hydrogens is 222 g/mol. The van der Waals surface area contributed by atoms with E-state index in [4.69, 9.17) is 9.47 Å². The zero-order chi connectivity index (χ0) is 12.3. The first-order valence-electron chi connectivity index (χ1n) is 5.66. The summed E-state index contributed by atoms with van der Waals surface area (Å²) in [4.78, 5) is 10.3. The smallest absolute Gasteiger partial charge is 0.272 e. The molecule has 0 amide bonds. The van der Waals surface area contributed by atoms with Gasteiger partial charge in [-0.1, -0.05) is 0 Å². The Bertz CT molecular complexity index is 413. The van der Waals surface area contributed by atoms with Crippen molar-refractivity contribution in [2.75, 3.05) is 13.2 Å². The Balaban J connectivity index is 2.06. The number of nitro groups is 1. The van der Waals surface area contributed by atoms with Gasteiger partial charge in [0.15, 0.2) is 0 Å². The van der Waals surface area contributed by atoms with E-state index in [9.17, 15) is 10.1 Å². The molecule has 0 unspecified atom stereocenters. The molecule has 1 heterocycles. The topological polar surface area (TPSA) is 61.6 Å². The molecule has 1 saturated heterocycles. The van der Waals surface area contributed by atoms with Gasteiger partial charge >= 0.3 is 0 Å². The molecule has 0 bridgehead atoms. The number of nitrogens with zero attached hydrogens (tertiary/aromatic N) is 1. The number of hydrogen-bond donors (Lipinski definition) is 0. The number of rotatable bonds is 3. The number of aryl methyl sites for hydroxylation is 1. The van der Waals surface area contributed by atoms with Gasteiger partial charge in [0, 0.05) is 24.5 Å². The van der Waals surface area contributed by atoms with Crippen LogP contribution in [-0.2, 0) is 4.74 Å². The summed E-state index contributed by atoms with van der Waals surface area (Å²) in [5, 5.41) is 10.7. The highest BCUT2D eigenvalue weighted by molar-refractivity contribution is 5.44. The van der Waals surface area contributed by atoms with Gasteiger partial charge in [0.25, 0.3) is 5.69 Å². The minimum Gasteiger partial charge on any atom is -0.490 e. The first kappa shape index (κ1) is 11.9. The van der Waals surface area contributed by atoms with E-state index < -0.39 is 0 Å². The number of nitro benzene ring substituents is 1. The van der Waals surface area contributed by atoms with Crippen molar-refractivity contribution in [1.29, 1.82) is 0 Å². The van der Waals surface area contributed by atoms with Crippen LogP contribution in [0.4, 0.5) is 5.69 Å². The molecule has 2 rings (SSSR count). The lowest BCUT2D eigenvalue weighted by Gasteiger charge is -2.23. The summed E-state index contributed by atoms with van der Waals surface area (Å²) in [6.07, 6.45) is 1.90. The second-order valence-corrected chi connectivity index (χ2v) is 4.13. The molecule has 1 aromatic carbocycles. The van der Waals surface area contributed by atoms with Crippen LogP contribution in [0.25, 0.3) is 0 Å². The van der Waals surface area contributed by atoms with Gasteiger partial charge in [-0.05, 0) is 19.1 Å². The molecule has 0 aliphatic carbocycles. The van der Waals surface area contributed by atoms with Crippen molar-refractivity contribution in [3.05, 3.63) is 33.9 Å². The fourth-order valence-electron chi connectivity index (χ4n) is 1.89. The number of benzene rings is 1. The Kier molecular flexibility index (Phi) is 3.58. The summed E-state index contributed by atoms with van der Waals surface area (Å²) in [6, 6.07) is 4.86. The van der Waals surface area contributed by atoms with E-state index in [2.05, 4.69) is 0 Å². The molecule has 1 aromatic rings. The monoisotopic (exact) mass is 237 g/mol. The summed E-state index contributed by atoms with van der Waals surface area (Å²) in [5.74, 6) is 0.694. The van der Waals surface area contributed by atoms with E-state index in [0.717, 1.165) is 26.1 Å². The molecule has 17 heavy (non-hydrogen) atoms. The van der Waals surface area contributed by atoms with Crippen molar-refractivity contribution in [2.45, 2.75) is 25.9 Å². The molecule has 92 valence electrons. The summed E-state index contributed by atoms with van der Waals surface area (Å²) in [7, 11) is 0. The van der Waals surface area contributed by atoms with Crippen molar-refractivity contribution >= 4 is 5.69 Å². The lowest BCUT2D eigenvalue weighted by Crippen LogP contribution is -2.25. The Labute approximate surface area is 99.5 Å². The predicted molar refractivity (Wildman–Crippen MR) is 62.3 cm³/mol. The van der Waals surface area contributed by atoms with Crippen LogP contribution in [0.15, 0.2) is 18.2 Å². The van der Waals surface area contributed by atoms with Crippen LogP contribution in [0, 0.1) is 17.0 Å². The van der Waals surface area contributed by atoms with Gasteiger partial charge in [-0.2, -0.15) is 0 Å². The van der Waals surface area contributed by atoms with Crippen LogP contribution in [0.3, 0.4) is 0 Å². The molecule has 0 N–H and O–H groups in total. The molecule has 0 radical (unpaired) electrons. The van der Waals surface area contributed by atoms with Crippen LogP contribution in [0.5, 0.6) is 5.75 Å². The molecule has 0 atom stereocenters. The van der Waals surface area contributed by atoms with Crippen molar-refractivity contribution in [1.82, 2.24) is 0 Å². The zero-order valence-electron chi connectivity index (χ0n) is 9.72. The standard InChI is InChI=1S/C12H15NO4/c1-9-8-11(2-3-12(9)13(14)15)17-10-4-6-16-7-5-10/h2-3,8,10H,4-7H2,1H3. The van der Waals surface area contributed by atoms with Gasteiger partial charge in [-0.3, -0.25) is 10.1 Å². The van der Waals surface area contributed by atoms with Crippen molar-refractivity contribution < 1.29 is 14.4 Å². The third-order valence-corrected chi connectivity index (χ3v) is 2.84. The van der Waals surface area contributed by atoms with E-state index >= 15 is 0 Å². The fraction of sp³-hybridized carbons (Fsp3) is 0.500. The highest BCUT2D eigenvalue weighted by Gasteiger charge is 2.17. The molecule has 5 heteroatoms. The second kappa shape index (κ2) is 5.14. The van der Waals surface area contributed by atoms with Crippen LogP contribution in [0.2, 0.25) is 0 Å². The van der Waals surface area contributed by atoms with E-state index in [0.29, 0.717) is 11.3 Å². The van der Waals surface area contributed by atoms with Crippen LogP contribution < -0.4 is 4.74 Å². The average molecular weight is 237 g/mol. The Morgan fingerprint density at radius 1 is 1.41 bits per heavy atom. The summed E-state index contributed by atoms with van der Waals surface area (Å²) in [6.45, 7) is 3.15. The van der Waals surface area contributed by atoms with E-state index in [1.165, 1.54) is 6.07 Å². The maximum absolute atomic E-state index is 10.7. The second-order valence-electron chi connectivity index (χ2n) is 4.13. The zero-order valence-corrected chi connectivity index (χ0v) is 9.72. The molecule has 5 nitrogen and oxygen atoms in total. The molecule has 0 spiro atoms. The van der Waals surface area contributed by atoms with Crippen molar-refractivity contribution in [3.63, 3.8) is 0 Å². The van der Waals surface area contributed by atoms with Gasteiger partial charge in [-0.15, -0.1) is 0 Å². The van der Waals surface area contributed by atoms with Crippen LogP contribution in [0.1, 0.15) is 18.4 Å². The molecule has 1 fully saturated rings. The Morgan fingerprint density at radius 2 is 2.12 bits per heavy atom. The third-order valence-electron chi connectivity index (χ3n) is 2.84. The summed E-state index contributed by atoms with van der Waals surface area (Å²) >= 11 is 0. The number of ether oxygens (including phenoxy) is 2. The van der Waals surface area contributed by atoms with Gasteiger partial charge in [-0.25, -0.2) is 0 Å².